The first-order valence-corrected chi connectivity index (χ1v) is 20.5. The van der Waals surface area contributed by atoms with E-state index in [0.29, 0.717) is 26.1 Å². The molecule has 10 heterocycles. The molecule has 0 aromatic rings. The summed E-state index contributed by atoms with van der Waals surface area (Å²) in [5.74, 6) is -0.810. The Morgan fingerprint density at radius 2 is 1.66 bits per heavy atom. The Kier molecular flexibility index (Phi) is 11.9. The first-order valence-electron chi connectivity index (χ1n) is 20.5. The fourth-order valence-corrected chi connectivity index (χ4v) is 10.8. The van der Waals surface area contributed by atoms with Gasteiger partial charge in [0.25, 0.3) is 0 Å². The van der Waals surface area contributed by atoms with Crippen LogP contribution in [0.2, 0.25) is 0 Å². The minimum absolute atomic E-state index is 0.00754. The lowest BCUT2D eigenvalue weighted by Crippen LogP contribution is -2.60. The number of fused-ring (bicyclic) bond motifs is 2. The second-order valence-corrected chi connectivity index (χ2v) is 17.2. The second kappa shape index (κ2) is 16.3. The number of hydrogen-bond donors (Lipinski definition) is 2. The summed E-state index contributed by atoms with van der Waals surface area (Å²) in [5, 5.41) is 20.1. The van der Waals surface area contributed by atoms with Crippen molar-refractivity contribution in [2.75, 3.05) is 26.9 Å². The van der Waals surface area contributed by atoms with Gasteiger partial charge in [-0.1, -0.05) is 20.1 Å². The molecule has 11 bridgehead atoms. The molecule has 0 amide bonds. The zero-order valence-electron chi connectivity index (χ0n) is 31.6. The molecule has 0 aromatic heterocycles. The number of Topliss-reactive ketones (excluding diaryl/α,β-unsaturated/α-hetero) is 1. The van der Waals surface area contributed by atoms with E-state index in [0.717, 1.165) is 68.9 Å². The van der Waals surface area contributed by atoms with E-state index >= 15 is 0 Å². The third-order valence-corrected chi connectivity index (χ3v) is 13.6. The fourth-order valence-electron chi connectivity index (χ4n) is 10.8. The van der Waals surface area contributed by atoms with Crippen molar-refractivity contribution in [1.29, 1.82) is 0 Å². The predicted octanol–water partition coefficient (Wildman–Crippen LogP) is 4.11. The van der Waals surface area contributed by atoms with E-state index in [4.69, 9.17) is 42.6 Å². The van der Waals surface area contributed by atoms with Crippen LogP contribution in [0.15, 0.2) is 24.3 Å². The molecule has 10 aliphatic rings. The molecule has 10 rings (SSSR count). The Morgan fingerprint density at radius 1 is 0.849 bits per heavy atom. The summed E-state index contributed by atoms with van der Waals surface area (Å²) in [6.45, 7) is 11.9. The van der Waals surface area contributed by atoms with Crippen LogP contribution in [0.25, 0.3) is 0 Å². The molecule has 10 fully saturated rings. The molecule has 2 N–H and O–H groups in total. The molecule has 10 aliphatic heterocycles. The third-order valence-electron chi connectivity index (χ3n) is 13.6. The lowest BCUT2D eigenvalue weighted by Gasteiger charge is -2.49. The minimum atomic E-state index is -0.950. The van der Waals surface area contributed by atoms with Crippen molar-refractivity contribution in [2.24, 2.45) is 11.8 Å². The number of carbonyl (C=O) groups excluding carboxylic acids is 1. The molecular weight excluding hydrogens is 684 g/mol. The highest BCUT2D eigenvalue weighted by Crippen LogP contribution is 2.50. The van der Waals surface area contributed by atoms with Crippen LogP contribution < -0.4 is 0 Å². The summed E-state index contributed by atoms with van der Waals surface area (Å²) in [6.07, 6.45) is 5.83. The first-order chi connectivity index (χ1) is 25.6. The largest absolute Gasteiger partial charge is 0.394 e. The van der Waals surface area contributed by atoms with Gasteiger partial charge in [-0.15, -0.1) is 0 Å². The molecule has 1 spiro atoms. The van der Waals surface area contributed by atoms with Crippen LogP contribution in [0.4, 0.5) is 0 Å². The van der Waals surface area contributed by atoms with Crippen LogP contribution in [0.1, 0.15) is 96.8 Å². The highest BCUT2D eigenvalue weighted by atomic mass is 16.8. The lowest BCUT2D eigenvalue weighted by atomic mass is 9.81. The molecule has 17 atom stereocenters. The fraction of sp³-hybridized carbons (Fsp3) is 0.878. The van der Waals surface area contributed by atoms with Crippen molar-refractivity contribution < 1.29 is 57.6 Å². The zero-order valence-corrected chi connectivity index (χ0v) is 31.6. The van der Waals surface area contributed by atoms with Gasteiger partial charge in [0.2, 0.25) is 0 Å². The SMILES string of the molecule is C=C1C[C@@H]2CCCO[C@@H]3[C@@H]4CCOC5(C[C@H]6O[C@H](CC[C@@H]6O[C@@H]35)CC(=O)C[C@@H]3[C@@H](OC)[C@@H](C[C@H](O)CO)O[C@H]3C[C@H]3O[C@@H](CC[C@@H]1O2)C[C@@H](C)C3=C)O4. The summed E-state index contributed by atoms with van der Waals surface area (Å²) >= 11 is 0. The van der Waals surface area contributed by atoms with Gasteiger partial charge in [-0.2, -0.15) is 0 Å². The van der Waals surface area contributed by atoms with E-state index in [1.54, 1.807) is 7.11 Å². The molecule has 0 aliphatic carbocycles. The molecule has 0 saturated carbocycles. The zero-order chi connectivity index (χ0) is 36.9. The highest BCUT2D eigenvalue weighted by Gasteiger charge is 2.65. The maximum atomic E-state index is 14.0. The van der Waals surface area contributed by atoms with Gasteiger partial charge in [0, 0.05) is 51.7 Å². The van der Waals surface area contributed by atoms with E-state index in [-0.39, 0.29) is 111 Å². The molecule has 298 valence electrons. The van der Waals surface area contributed by atoms with E-state index in [1.807, 2.05) is 0 Å². The number of aliphatic hydroxyl groups excluding tert-OH is 2. The van der Waals surface area contributed by atoms with Crippen LogP contribution in [-0.4, -0.2) is 134 Å². The van der Waals surface area contributed by atoms with Crippen molar-refractivity contribution >= 4 is 5.78 Å². The van der Waals surface area contributed by atoms with E-state index < -0.39 is 24.1 Å². The number of aliphatic hydroxyl groups is 2. The van der Waals surface area contributed by atoms with Crippen LogP contribution in [0.5, 0.6) is 0 Å². The molecule has 12 nitrogen and oxygen atoms in total. The van der Waals surface area contributed by atoms with Crippen molar-refractivity contribution in [2.45, 2.75) is 188 Å². The van der Waals surface area contributed by atoms with Crippen molar-refractivity contribution in [3.05, 3.63) is 24.3 Å². The van der Waals surface area contributed by atoms with Gasteiger partial charge in [-0.25, -0.2) is 0 Å². The van der Waals surface area contributed by atoms with Crippen molar-refractivity contribution in [3.63, 3.8) is 0 Å². The van der Waals surface area contributed by atoms with Gasteiger partial charge < -0.3 is 52.8 Å². The Labute approximate surface area is 314 Å². The van der Waals surface area contributed by atoms with Crippen LogP contribution in [0.3, 0.4) is 0 Å². The number of ketones is 1. The Hall–Kier alpha value is -1.29. The summed E-state index contributed by atoms with van der Waals surface area (Å²) < 4.78 is 58.8. The monoisotopic (exact) mass is 746 g/mol. The number of ether oxygens (including phenoxy) is 9. The van der Waals surface area contributed by atoms with E-state index in [1.165, 1.54) is 0 Å². The quantitative estimate of drug-likeness (QED) is 0.401. The first kappa shape index (κ1) is 38.6. The molecule has 53 heavy (non-hydrogen) atoms. The van der Waals surface area contributed by atoms with E-state index in [9.17, 15) is 15.0 Å². The summed E-state index contributed by atoms with van der Waals surface area (Å²) in [7, 11) is 1.63. The minimum Gasteiger partial charge on any atom is -0.394 e. The molecular formula is C41H62O12. The van der Waals surface area contributed by atoms with Gasteiger partial charge in [-0.05, 0) is 74.9 Å². The smallest absolute Gasteiger partial charge is 0.200 e. The number of methoxy groups -OCH3 is 1. The average molecular weight is 747 g/mol. The van der Waals surface area contributed by atoms with Gasteiger partial charge in [-0.3, -0.25) is 4.79 Å². The average Bonchev–Trinajstić information content (AvgIpc) is 3.72. The van der Waals surface area contributed by atoms with Gasteiger partial charge in [0.1, 0.15) is 18.0 Å². The van der Waals surface area contributed by atoms with Gasteiger partial charge in [0.05, 0.1) is 86.5 Å². The standard InChI is InChI=1S/C41H62O12/c1-22-14-28-7-9-31-23(2)15-27(48-31)6-5-12-46-39-33-11-13-47-41(53-33)20-37-32(52-40(39)41)10-8-29(50-37)16-25(43)17-30-35(19-34(49-28)24(22)3)51-36(38(30)45-4)18-26(44)21-42/h22,26-40,42,44H,2-3,5-21H2,1,4H3/t22-,26+,27+,28+,29-,30+,31+,32+,33+,34-,35+,36-,37-,38-,39-,40+,41?/m1/s1. The van der Waals surface area contributed by atoms with E-state index in [2.05, 4.69) is 20.1 Å². The molecule has 0 radical (unpaired) electrons. The number of hydrogen-bond acceptors (Lipinski definition) is 12. The Morgan fingerprint density at radius 3 is 2.49 bits per heavy atom. The maximum absolute atomic E-state index is 14.0. The Bertz CT molecular complexity index is 1330. The summed E-state index contributed by atoms with van der Waals surface area (Å²) in [5.41, 5.74) is 2.19. The number of rotatable bonds is 4. The van der Waals surface area contributed by atoms with Crippen LogP contribution in [0, 0.1) is 11.8 Å². The van der Waals surface area contributed by atoms with Gasteiger partial charge in [0.15, 0.2) is 5.79 Å². The third kappa shape index (κ3) is 7.99. The lowest BCUT2D eigenvalue weighted by molar-refractivity contribution is -0.344. The Balaban J connectivity index is 1.02. The molecule has 1 unspecified atom stereocenters. The van der Waals surface area contributed by atoms with Gasteiger partial charge >= 0.3 is 0 Å². The molecule has 0 aromatic carbocycles. The molecule has 12 heteroatoms. The summed E-state index contributed by atoms with van der Waals surface area (Å²) in [4.78, 5) is 14.0. The maximum Gasteiger partial charge on any atom is 0.200 e. The van der Waals surface area contributed by atoms with Crippen molar-refractivity contribution in [1.82, 2.24) is 0 Å². The topological polar surface area (TPSA) is 141 Å². The van der Waals surface area contributed by atoms with Crippen LogP contribution >= 0.6 is 0 Å². The van der Waals surface area contributed by atoms with Crippen molar-refractivity contribution in [3.8, 4) is 0 Å². The summed E-state index contributed by atoms with van der Waals surface area (Å²) in [6, 6.07) is 0. The predicted molar refractivity (Wildman–Crippen MR) is 191 cm³/mol. The highest BCUT2D eigenvalue weighted by molar-refractivity contribution is 5.79. The molecule has 10 saturated heterocycles. The van der Waals surface area contributed by atoms with Crippen LogP contribution in [-0.2, 0) is 47.4 Å². The normalized spacial score (nSPS) is 48.7. The second-order valence-electron chi connectivity index (χ2n) is 17.2. The number of carbonyl (C=O) groups is 1.